The molecule has 0 aliphatic carbocycles. The van der Waals surface area contributed by atoms with Crippen molar-refractivity contribution in [3.8, 4) is 11.1 Å². The Hall–Kier alpha value is -2.95. The van der Waals surface area contributed by atoms with Crippen LogP contribution in [0.3, 0.4) is 0 Å². The van der Waals surface area contributed by atoms with Gasteiger partial charge in [0.05, 0.1) is 25.4 Å². The van der Waals surface area contributed by atoms with Gasteiger partial charge in [0.15, 0.2) is 14.1 Å². The summed E-state index contributed by atoms with van der Waals surface area (Å²) in [5.41, 5.74) is 7.22. The number of hydrogen-bond acceptors (Lipinski definition) is 6. The minimum absolute atomic E-state index is 0.115. The Bertz CT molecular complexity index is 1470. The van der Waals surface area contributed by atoms with Crippen molar-refractivity contribution >= 4 is 25.7 Å². The SMILES string of the molecule is CC(=O)N1CCc2c(c(N3CC(CO[Si](C)(C)C(C)(C)C)Cc4cc(-c5cnn(C)c5)ccc43)nn2C2CCOC2)C1. The van der Waals surface area contributed by atoms with Gasteiger partial charge in [0.2, 0.25) is 5.91 Å². The van der Waals surface area contributed by atoms with E-state index in [1.54, 1.807) is 6.92 Å². The molecule has 3 aliphatic heterocycles. The number of nitrogens with zero attached hydrogens (tertiary/aromatic N) is 6. The van der Waals surface area contributed by atoms with Gasteiger partial charge < -0.3 is 19.0 Å². The van der Waals surface area contributed by atoms with E-state index >= 15 is 0 Å². The second-order valence-corrected chi connectivity index (χ2v) is 18.7. The summed E-state index contributed by atoms with van der Waals surface area (Å²) in [6.45, 7) is 17.6. The lowest BCUT2D eigenvalue weighted by molar-refractivity contribution is -0.129. The van der Waals surface area contributed by atoms with Gasteiger partial charge in [-0.05, 0) is 54.2 Å². The lowest BCUT2D eigenvalue weighted by atomic mass is 9.90. The average molecular weight is 591 g/mol. The van der Waals surface area contributed by atoms with Crippen molar-refractivity contribution in [1.29, 1.82) is 0 Å². The molecule has 9 nitrogen and oxygen atoms in total. The highest BCUT2D eigenvalue weighted by molar-refractivity contribution is 6.74. The summed E-state index contributed by atoms with van der Waals surface area (Å²) in [5, 5.41) is 9.90. The zero-order valence-electron chi connectivity index (χ0n) is 26.3. The van der Waals surface area contributed by atoms with E-state index in [2.05, 4.69) is 72.9 Å². The van der Waals surface area contributed by atoms with Crippen LogP contribution < -0.4 is 4.90 Å². The van der Waals surface area contributed by atoms with Crippen LogP contribution in [0, 0.1) is 5.92 Å². The number of aromatic nitrogens is 4. The lowest BCUT2D eigenvalue weighted by Crippen LogP contribution is -2.44. The topological polar surface area (TPSA) is 77.7 Å². The van der Waals surface area contributed by atoms with Gasteiger partial charge in [0, 0.05) is 81.3 Å². The Morgan fingerprint density at radius 2 is 2.02 bits per heavy atom. The van der Waals surface area contributed by atoms with Crippen LogP contribution in [0.5, 0.6) is 0 Å². The average Bonchev–Trinajstić information content (AvgIpc) is 3.70. The van der Waals surface area contributed by atoms with Crippen molar-refractivity contribution in [3.05, 3.63) is 47.4 Å². The molecule has 0 N–H and O–H groups in total. The van der Waals surface area contributed by atoms with Crippen LogP contribution in [-0.2, 0) is 40.4 Å². The number of rotatable bonds is 6. The Morgan fingerprint density at radius 3 is 2.69 bits per heavy atom. The number of fused-ring (bicyclic) bond motifs is 2. The Kier molecular flexibility index (Phi) is 7.60. The fourth-order valence-corrected chi connectivity index (χ4v) is 7.37. The quantitative estimate of drug-likeness (QED) is 0.354. The van der Waals surface area contributed by atoms with Crippen LogP contribution in [-0.4, -0.2) is 71.6 Å². The monoisotopic (exact) mass is 590 g/mol. The van der Waals surface area contributed by atoms with Crippen LogP contribution in [0.1, 0.15) is 57.0 Å². The highest BCUT2D eigenvalue weighted by atomic mass is 28.4. The summed E-state index contributed by atoms with van der Waals surface area (Å²) < 4.78 is 16.7. The fourth-order valence-electron chi connectivity index (χ4n) is 6.28. The second-order valence-electron chi connectivity index (χ2n) is 13.9. The first-order chi connectivity index (χ1) is 19.9. The van der Waals surface area contributed by atoms with E-state index in [-0.39, 0.29) is 17.0 Å². The Morgan fingerprint density at radius 1 is 1.21 bits per heavy atom. The molecule has 3 aliphatic rings. The van der Waals surface area contributed by atoms with Crippen molar-refractivity contribution < 1.29 is 14.0 Å². The summed E-state index contributed by atoms with van der Waals surface area (Å²) in [4.78, 5) is 16.9. The molecule has 226 valence electrons. The highest BCUT2D eigenvalue weighted by Gasteiger charge is 2.39. The van der Waals surface area contributed by atoms with Crippen molar-refractivity contribution in [2.45, 2.75) is 77.7 Å². The molecule has 0 bridgehead atoms. The number of aryl methyl sites for hydroxylation is 1. The van der Waals surface area contributed by atoms with Gasteiger partial charge in [-0.2, -0.15) is 10.2 Å². The first-order valence-electron chi connectivity index (χ1n) is 15.4. The summed E-state index contributed by atoms with van der Waals surface area (Å²) in [5.74, 6) is 1.42. The molecule has 5 heterocycles. The number of ether oxygens (including phenoxy) is 1. The fraction of sp³-hybridized carbons (Fsp3) is 0.594. The van der Waals surface area contributed by atoms with Gasteiger partial charge in [-0.25, -0.2) is 0 Å². The number of carbonyl (C=O) groups is 1. The largest absolute Gasteiger partial charge is 0.416 e. The number of amides is 1. The third-order valence-corrected chi connectivity index (χ3v) is 14.4. The molecule has 10 heteroatoms. The van der Waals surface area contributed by atoms with E-state index in [4.69, 9.17) is 14.3 Å². The lowest BCUT2D eigenvalue weighted by Gasteiger charge is -2.40. The molecule has 0 saturated carbocycles. The van der Waals surface area contributed by atoms with Crippen molar-refractivity contribution in [1.82, 2.24) is 24.5 Å². The molecule has 1 saturated heterocycles. The second kappa shape index (κ2) is 11.0. The van der Waals surface area contributed by atoms with Gasteiger partial charge in [-0.1, -0.05) is 26.8 Å². The minimum Gasteiger partial charge on any atom is -0.416 e. The summed E-state index contributed by atoms with van der Waals surface area (Å²) in [6, 6.07) is 7.02. The van der Waals surface area contributed by atoms with Gasteiger partial charge >= 0.3 is 0 Å². The zero-order chi connectivity index (χ0) is 29.8. The molecule has 42 heavy (non-hydrogen) atoms. The van der Waals surface area contributed by atoms with Crippen molar-refractivity contribution in [3.63, 3.8) is 0 Å². The number of benzene rings is 1. The van der Waals surface area contributed by atoms with E-state index in [1.807, 2.05) is 22.8 Å². The van der Waals surface area contributed by atoms with Crippen molar-refractivity contribution in [2.24, 2.45) is 13.0 Å². The molecule has 1 fully saturated rings. The maximum Gasteiger partial charge on any atom is 0.219 e. The van der Waals surface area contributed by atoms with E-state index in [1.165, 1.54) is 28.1 Å². The molecular weight excluding hydrogens is 544 g/mol. The molecule has 2 unspecified atom stereocenters. The first kappa shape index (κ1) is 29.1. The number of carbonyl (C=O) groups excluding carboxylic acids is 1. The van der Waals surface area contributed by atoms with Gasteiger partial charge in [-0.3, -0.25) is 14.2 Å². The predicted octanol–water partition coefficient (Wildman–Crippen LogP) is 5.48. The van der Waals surface area contributed by atoms with Crippen LogP contribution in [0.4, 0.5) is 11.5 Å². The third kappa shape index (κ3) is 5.44. The van der Waals surface area contributed by atoms with E-state index in [9.17, 15) is 4.79 Å². The van der Waals surface area contributed by atoms with Crippen molar-refractivity contribution in [2.75, 3.05) is 37.8 Å². The Balaban J connectivity index is 1.41. The number of hydrogen-bond donors (Lipinski definition) is 0. The van der Waals surface area contributed by atoms with Crippen LogP contribution in [0.25, 0.3) is 11.1 Å². The maximum atomic E-state index is 12.5. The van der Waals surface area contributed by atoms with Gasteiger partial charge in [0.1, 0.15) is 0 Å². The molecular formula is C32H46N6O3Si. The summed E-state index contributed by atoms with van der Waals surface area (Å²) >= 11 is 0. The van der Waals surface area contributed by atoms with Crippen LogP contribution in [0.15, 0.2) is 30.6 Å². The van der Waals surface area contributed by atoms with Gasteiger partial charge in [-0.15, -0.1) is 0 Å². The summed E-state index contributed by atoms with van der Waals surface area (Å²) in [7, 11) is 0.0467. The molecule has 6 rings (SSSR count). The smallest absolute Gasteiger partial charge is 0.219 e. The normalized spacial score (nSPS) is 21.0. The molecule has 2 aromatic heterocycles. The molecule has 2 atom stereocenters. The number of anilines is 2. The summed E-state index contributed by atoms with van der Waals surface area (Å²) in [6.07, 6.45) is 6.74. The minimum atomic E-state index is -1.91. The zero-order valence-corrected chi connectivity index (χ0v) is 27.3. The van der Waals surface area contributed by atoms with Gasteiger partial charge in [0.25, 0.3) is 0 Å². The first-order valence-corrected chi connectivity index (χ1v) is 18.3. The van der Waals surface area contributed by atoms with E-state index in [0.29, 0.717) is 19.1 Å². The van der Waals surface area contributed by atoms with E-state index in [0.717, 1.165) is 56.9 Å². The maximum absolute atomic E-state index is 12.5. The Labute approximate surface area is 250 Å². The molecule has 0 spiro atoms. The molecule has 1 amide bonds. The molecule has 1 aromatic carbocycles. The van der Waals surface area contributed by atoms with E-state index < -0.39 is 8.32 Å². The molecule has 3 aromatic rings. The molecule has 0 radical (unpaired) electrons. The van der Waals surface area contributed by atoms with Crippen LogP contribution >= 0.6 is 0 Å². The highest BCUT2D eigenvalue weighted by Crippen LogP contribution is 2.43. The predicted molar refractivity (Wildman–Crippen MR) is 167 cm³/mol. The standard InChI is InChI=1S/C32H46N6O3Si/c1-22(39)36-12-10-30-28(19-36)31(34-38(30)27-11-13-40-21-27)37-17-23(20-41-42(6,7)32(2,3)4)14-25-15-24(8-9-29(25)37)26-16-33-35(5)18-26/h8-9,15-16,18,23,27H,10-14,17,19-21H2,1-7H3. The van der Waals surface area contributed by atoms with Crippen LogP contribution in [0.2, 0.25) is 18.1 Å². The third-order valence-electron chi connectivity index (χ3n) is 9.86.